The van der Waals surface area contributed by atoms with Crippen molar-refractivity contribution in [3.8, 4) is 0 Å². The third kappa shape index (κ3) is 3.48. The molecule has 0 aliphatic rings. The fourth-order valence-electron chi connectivity index (χ4n) is 3.10. The van der Waals surface area contributed by atoms with Gasteiger partial charge >= 0.3 is 0 Å². The number of nitrogens with one attached hydrogen (secondary N) is 1. The SMILES string of the molecule is CCc1cccc(C)c1NC(=O)Cn1ccc(=O)c2cc(C)ccc21. The lowest BCUT2D eigenvalue weighted by molar-refractivity contribution is -0.116. The Balaban J connectivity index is 1.91. The van der Waals surface area contributed by atoms with Crippen LogP contribution in [-0.4, -0.2) is 10.5 Å². The first-order chi connectivity index (χ1) is 12.0. The molecule has 3 rings (SSSR count). The van der Waals surface area contributed by atoms with E-state index in [4.69, 9.17) is 0 Å². The van der Waals surface area contributed by atoms with E-state index in [0.29, 0.717) is 5.39 Å². The number of para-hydroxylation sites is 1. The van der Waals surface area contributed by atoms with Gasteiger partial charge in [-0.25, -0.2) is 0 Å². The van der Waals surface area contributed by atoms with Crippen molar-refractivity contribution in [2.45, 2.75) is 33.7 Å². The Labute approximate surface area is 147 Å². The Kier molecular flexibility index (Phi) is 4.70. The maximum absolute atomic E-state index is 12.6. The van der Waals surface area contributed by atoms with Crippen molar-refractivity contribution in [1.82, 2.24) is 4.57 Å². The minimum absolute atomic E-state index is 0.0254. The van der Waals surface area contributed by atoms with Crippen molar-refractivity contribution in [3.05, 3.63) is 75.6 Å². The molecule has 0 bridgehead atoms. The summed E-state index contributed by atoms with van der Waals surface area (Å²) in [4.78, 5) is 24.7. The van der Waals surface area contributed by atoms with Crippen molar-refractivity contribution < 1.29 is 4.79 Å². The van der Waals surface area contributed by atoms with Gasteiger partial charge in [-0.3, -0.25) is 9.59 Å². The number of aromatic nitrogens is 1. The monoisotopic (exact) mass is 334 g/mol. The number of carbonyl (C=O) groups is 1. The summed E-state index contributed by atoms with van der Waals surface area (Å²) in [6.07, 6.45) is 2.54. The molecule has 1 aromatic heterocycles. The number of rotatable bonds is 4. The van der Waals surface area contributed by atoms with E-state index in [0.717, 1.165) is 34.3 Å². The summed E-state index contributed by atoms with van der Waals surface area (Å²) in [7, 11) is 0. The number of benzene rings is 2. The van der Waals surface area contributed by atoms with E-state index >= 15 is 0 Å². The minimum Gasteiger partial charge on any atom is -0.338 e. The lowest BCUT2D eigenvalue weighted by atomic mass is 10.1. The quantitative estimate of drug-likeness (QED) is 0.788. The van der Waals surface area contributed by atoms with E-state index in [-0.39, 0.29) is 17.9 Å². The van der Waals surface area contributed by atoms with E-state index in [1.54, 1.807) is 6.20 Å². The fourth-order valence-corrected chi connectivity index (χ4v) is 3.10. The van der Waals surface area contributed by atoms with Gasteiger partial charge in [0.05, 0.1) is 5.52 Å². The standard InChI is InChI=1S/C21H22N2O2/c1-4-16-7-5-6-15(3)21(16)22-20(25)13-23-11-10-19(24)17-12-14(2)8-9-18(17)23/h5-12H,4,13H2,1-3H3,(H,22,25). The Morgan fingerprint density at radius 1 is 1.12 bits per heavy atom. The molecule has 128 valence electrons. The molecule has 0 saturated heterocycles. The number of hydrogen-bond acceptors (Lipinski definition) is 2. The summed E-state index contributed by atoms with van der Waals surface area (Å²) in [5, 5.41) is 3.67. The van der Waals surface area contributed by atoms with Crippen LogP contribution in [0.1, 0.15) is 23.6 Å². The van der Waals surface area contributed by atoms with Gasteiger partial charge in [-0.2, -0.15) is 0 Å². The smallest absolute Gasteiger partial charge is 0.244 e. The average Bonchev–Trinajstić information content (AvgIpc) is 2.59. The highest BCUT2D eigenvalue weighted by Crippen LogP contribution is 2.21. The highest BCUT2D eigenvalue weighted by Gasteiger charge is 2.11. The van der Waals surface area contributed by atoms with Crippen molar-refractivity contribution >= 4 is 22.5 Å². The highest BCUT2D eigenvalue weighted by molar-refractivity contribution is 5.93. The number of fused-ring (bicyclic) bond motifs is 1. The molecule has 1 amide bonds. The molecule has 25 heavy (non-hydrogen) atoms. The minimum atomic E-state index is -0.102. The lowest BCUT2D eigenvalue weighted by Gasteiger charge is -2.15. The van der Waals surface area contributed by atoms with Crippen LogP contribution in [-0.2, 0) is 17.8 Å². The summed E-state index contributed by atoms with van der Waals surface area (Å²) in [6, 6.07) is 13.2. The number of nitrogens with zero attached hydrogens (tertiary/aromatic N) is 1. The molecule has 0 unspecified atom stereocenters. The van der Waals surface area contributed by atoms with Gasteiger partial charge in [-0.15, -0.1) is 0 Å². The molecule has 0 saturated carbocycles. The van der Waals surface area contributed by atoms with Crippen molar-refractivity contribution in [3.63, 3.8) is 0 Å². The van der Waals surface area contributed by atoms with Crippen LogP contribution < -0.4 is 10.7 Å². The van der Waals surface area contributed by atoms with Crippen LogP contribution in [0.2, 0.25) is 0 Å². The second-order valence-corrected chi connectivity index (χ2v) is 6.34. The third-order valence-electron chi connectivity index (χ3n) is 4.45. The van der Waals surface area contributed by atoms with Gasteiger partial charge in [0.2, 0.25) is 5.91 Å². The number of amides is 1. The fraction of sp³-hybridized carbons (Fsp3) is 0.238. The lowest BCUT2D eigenvalue weighted by Crippen LogP contribution is -2.21. The van der Waals surface area contributed by atoms with Crippen molar-refractivity contribution in [1.29, 1.82) is 0 Å². The van der Waals surface area contributed by atoms with Crippen LogP contribution in [0.15, 0.2) is 53.5 Å². The Bertz CT molecular complexity index is 1000. The summed E-state index contributed by atoms with van der Waals surface area (Å²) in [5.74, 6) is -0.102. The topological polar surface area (TPSA) is 51.1 Å². The van der Waals surface area contributed by atoms with Crippen LogP contribution >= 0.6 is 0 Å². The summed E-state index contributed by atoms with van der Waals surface area (Å²) >= 11 is 0. The zero-order valence-electron chi connectivity index (χ0n) is 14.8. The van der Waals surface area contributed by atoms with Crippen LogP contribution in [0.25, 0.3) is 10.9 Å². The molecule has 1 N–H and O–H groups in total. The number of aryl methyl sites for hydroxylation is 3. The van der Waals surface area contributed by atoms with E-state index in [2.05, 4.69) is 12.2 Å². The Hall–Kier alpha value is -2.88. The van der Waals surface area contributed by atoms with Gasteiger partial charge in [0.15, 0.2) is 5.43 Å². The van der Waals surface area contributed by atoms with Gasteiger partial charge < -0.3 is 9.88 Å². The third-order valence-corrected chi connectivity index (χ3v) is 4.45. The molecule has 2 aromatic carbocycles. The first kappa shape index (κ1) is 17.0. The second-order valence-electron chi connectivity index (χ2n) is 6.34. The molecule has 0 atom stereocenters. The van der Waals surface area contributed by atoms with Crippen LogP contribution in [0, 0.1) is 13.8 Å². The van der Waals surface area contributed by atoms with Crippen molar-refractivity contribution in [2.75, 3.05) is 5.32 Å². The van der Waals surface area contributed by atoms with E-state index in [1.165, 1.54) is 6.07 Å². The van der Waals surface area contributed by atoms with Crippen LogP contribution in [0.4, 0.5) is 5.69 Å². The number of carbonyl (C=O) groups excluding carboxylic acids is 1. The molecule has 0 fully saturated rings. The summed E-state index contributed by atoms with van der Waals surface area (Å²) < 4.78 is 1.81. The molecule has 4 heteroatoms. The molecule has 1 heterocycles. The van der Waals surface area contributed by atoms with Gasteiger partial charge in [-0.05, 0) is 43.5 Å². The van der Waals surface area contributed by atoms with Gasteiger partial charge in [0.1, 0.15) is 6.54 Å². The zero-order chi connectivity index (χ0) is 18.0. The van der Waals surface area contributed by atoms with Crippen LogP contribution in [0.3, 0.4) is 0 Å². The first-order valence-electron chi connectivity index (χ1n) is 8.47. The predicted octanol–water partition coefficient (Wildman–Crippen LogP) is 3.82. The molecular weight excluding hydrogens is 312 g/mol. The second kappa shape index (κ2) is 6.93. The van der Waals surface area contributed by atoms with E-state index in [9.17, 15) is 9.59 Å². The van der Waals surface area contributed by atoms with E-state index < -0.39 is 0 Å². The summed E-state index contributed by atoms with van der Waals surface area (Å²) in [5.41, 5.74) is 4.83. The highest BCUT2D eigenvalue weighted by atomic mass is 16.2. The summed E-state index contributed by atoms with van der Waals surface area (Å²) in [6.45, 7) is 6.18. The first-order valence-corrected chi connectivity index (χ1v) is 8.47. The molecule has 0 aliphatic carbocycles. The number of hydrogen-bond donors (Lipinski definition) is 1. The van der Waals surface area contributed by atoms with Crippen LogP contribution in [0.5, 0.6) is 0 Å². The number of pyridine rings is 1. The maximum atomic E-state index is 12.6. The zero-order valence-corrected chi connectivity index (χ0v) is 14.8. The predicted molar refractivity (Wildman–Crippen MR) is 102 cm³/mol. The number of anilines is 1. The average molecular weight is 334 g/mol. The maximum Gasteiger partial charge on any atom is 0.244 e. The molecule has 0 radical (unpaired) electrons. The van der Waals surface area contributed by atoms with Gasteiger partial charge in [0.25, 0.3) is 0 Å². The van der Waals surface area contributed by atoms with Gasteiger partial charge in [-0.1, -0.05) is 36.8 Å². The molecule has 0 spiro atoms. The molecule has 0 aliphatic heterocycles. The molecule has 3 aromatic rings. The molecule has 4 nitrogen and oxygen atoms in total. The Morgan fingerprint density at radius 3 is 2.68 bits per heavy atom. The largest absolute Gasteiger partial charge is 0.338 e. The Morgan fingerprint density at radius 2 is 1.92 bits per heavy atom. The molecular formula is C21H22N2O2. The van der Waals surface area contributed by atoms with Crippen molar-refractivity contribution in [2.24, 2.45) is 0 Å². The van der Waals surface area contributed by atoms with Gasteiger partial charge in [0, 0.05) is 23.3 Å². The van der Waals surface area contributed by atoms with E-state index in [1.807, 2.05) is 54.8 Å². The normalized spacial score (nSPS) is 10.8.